The van der Waals surface area contributed by atoms with E-state index in [0.717, 1.165) is 11.3 Å². The van der Waals surface area contributed by atoms with Crippen molar-refractivity contribution in [2.75, 3.05) is 39.3 Å². The van der Waals surface area contributed by atoms with E-state index in [1.165, 1.54) is 13.2 Å². The van der Waals surface area contributed by atoms with E-state index in [2.05, 4.69) is 10.1 Å². The van der Waals surface area contributed by atoms with Crippen LogP contribution in [0.5, 0.6) is 11.5 Å². The molecule has 0 heterocycles. The fraction of sp³-hybridized carbons (Fsp3) is 0.333. The van der Waals surface area contributed by atoms with Crippen molar-refractivity contribution in [1.29, 1.82) is 0 Å². The number of halogens is 2. The highest BCUT2D eigenvalue weighted by molar-refractivity contribution is 5.91. The Bertz CT molecular complexity index is 857. The summed E-state index contributed by atoms with van der Waals surface area (Å²) in [6, 6.07) is 11.4. The number of alkyl halides is 2. The molecule has 30 heavy (non-hydrogen) atoms. The van der Waals surface area contributed by atoms with Crippen LogP contribution in [0.15, 0.2) is 42.5 Å². The Labute approximate surface area is 173 Å². The highest BCUT2D eigenvalue weighted by Crippen LogP contribution is 2.29. The van der Waals surface area contributed by atoms with Gasteiger partial charge in [0.15, 0.2) is 18.1 Å². The average molecular weight is 422 g/mol. The predicted octanol–water partition coefficient (Wildman–Crippen LogP) is 2.88. The fourth-order valence-corrected chi connectivity index (χ4v) is 2.57. The summed E-state index contributed by atoms with van der Waals surface area (Å²) in [6.45, 7) is -3.08. The van der Waals surface area contributed by atoms with Crippen LogP contribution in [-0.4, -0.2) is 52.8 Å². The highest BCUT2D eigenvalue weighted by atomic mass is 19.3. The van der Waals surface area contributed by atoms with Crippen LogP contribution in [0.2, 0.25) is 0 Å². The van der Waals surface area contributed by atoms with Crippen LogP contribution >= 0.6 is 0 Å². The monoisotopic (exact) mass is 422 g/mol. The van der Waals surface area contributed by atoms with Crippen LogP contribution in [0, 0.1) is 0 Å². The highest BCUT2D eigenvalue weighted by Gasteiger charge is 2.12. The molecule has 9 heteroatoms. The lowest BCUT2D eigenvalue weighted by Gasteiger charge is -2.12. The van der Waals surface area contributed by atoms with Gasteiger partial charge in [-0.3, -0.25) is 4.79 Å². The van der Waals surface area contributed by atoms with Crippen LogP contribution in [0.3, 0.4) is 0 Å². The zero-order valence-corrected chi connectivity index (χ0v) is 17.0. The number of benzene rings is 2. The first-order chi connectivity index (χ1) is 14.3. The third-order valence-electron chi connectivity index (χ3n) is 4.13. The summed E-state index contributed by atoms with van der Waals surface area (Å²) in [7, 11) is 5.13. The van der Waals surface area contributed by atoms with E-state index < -0.39 is 25.1 Å². The number of ether oxygens (including phenoxy) is 3. The zero-order valence-electron chi connectivity index (χ0n) is 17.0. The van der Waals surface area contributed by atoms with Gasteiger partial charge in [0, 0.05) is 26.3 Å². The molecule has 2 aromatic rings. The van der Waals surface area contributed by atoms with Gasteiger partial charge in [0.05, 0.1) is 12.7 Å². The average Bonchev–Trinajstić information content (AvgIpc) is 2.72. The number of nitrogens with one attached hydrogen (secondary N) is 1. The molecule has 0 saturated carbocycles. The summed E-state index contributed by atoms with van der Waals surface area (Å²) in [4.78, 5) is 25.8. The number of carbonyl (C=O) groups excluding carboxylic acids is 2. The molecule has 1 N–H and O–H groups in total. The Morgan fingerprint density at radius 3 is 2.37 bits per heavy atom. The molecular weight excluding hydrogens is 398 g/mol. The molecule has 0 aliphatic carbocycles. The maximum Gasteiger partial charge on any atom is 0.387 e. The molecule has 0 aliphatic rings. The molecule has 7 nitrogen and oxygen atoms in total. The minimum absolute atomic E-state index is 0.0641. The zero-order chi connectivity index (χ0) is 22.1. The van der Waals surface area contributed by atoms with Crippen molar-refractivity contribution in [2.45, 2.75) is 13.0 Å². The Morgan fingerprint density at radius 2 is 1.77 bits per heavy atom. The number of rotatable bonds is 10. The van der Waals surface area contributed by atoms with Gasteiger partial charge in [0.2, 0.25) is 0 Å². The van der Waals surface area contributed by atoms with Gasteiger partial charge < -0.3 is 24.4 Å². The lowest BCUT2D eigenvalue weighted by atomic mass is 10.1. The largest absolute Gasteiger partial charge is 0.493 e. The number of methoxy groups -OCH3 is 1. The summed E-state index contributed by atoms with van der Waals surface area (Å²) in [5, 5.41) is 2.63. The third kappa shape index (κ3) is 6.91. The lowest BCUT2D eigenvalue weighted by molar-refractivity contribution is -0.124. The van der Waals surface area contributed by atoms with Crippen molar-refractivity contribution < 1.29 is 32.6 Å². The standard InChI is InChI=1S/C21H24F2N2O5/c1-25(2)16-7-5-15(6-8-16)20(27)29-13-19(26)24-11-10-14-4-9-17(30-21(22)23)18(12-14)28-3/h4-9,12,21H,10-11,13H2,1-3H3,(H,24,26). The van der Waals surface area contributed by atoms with Crippen molar-refractivity contribution in [3.8, 4) is 11.5 Å². The van der Waals surface area contributed by atoms with E-state index in [1.807, 2.05) is 19.0 Å². The van der Waals surface area contributed by atoms with Crippen LogP contribution in [0.25, 0.3) is 0 Å². The molecule has 0 atom stereocenters. The number of amides is 1. The Kier molecular flexibility index (Phi) is 8.40. The number of hydrogen-bond donors (Lipinski definition) is 1. The second-order valence-corrected chi connectivity index (χ2v) is 6.48. The molecular formula is C21H24F2N2O5. The lowest BCUT2D eigenvalue weighted by Crippen LogP contribution is -2.30. The smallest absolute Gasteiger partial charge is 0.387 e. The first kappa shape index (κ1) is 22.9. The van der Waals surface area contributed by atoms with Gasteiger partial charge in [0.25, 0.3) is 5.91 Å². The van der Waals surface area contributed by atoms with Gasteiger partial charge >= 0.3 is 12.6 Å². The van der Waals surface area contributed by atoms with Gasteiger partial charge in [-0.2, -0.15) is 8.78 Å². The number of carbonyl (C=O) groups is 2. The first-order valence-electron chi connectivity index (χ1n) is 9.13. The van der Waals surface area contributed by atoms with Crippen LogP contribution < -0.4 is 19.7 Å². The van der Waals surface area contributed by atoms with Gasteiger partial charge in [-0.15, -0.1) is 0 Å². The van der Waals surface area contributed by atoms with Crippen molar-refractivity contribution in [2.24, 2.45) is 0 Å². The molecule has 0 aliphatic heterocycles. The molecule has 2 rings (SSSR count). The van der Waals surface area contributed by atoms with Gasteiger partial charge in [-0.1, -0.05) is 6.07 Å². The van der Waals surface area contributed by atoms with Crippen molar-refractivity contribution in [1.82, 2.24) is 5.32 Å². The molecule has 0 spiro atoms. The number of hydrogen-bond acceptors (Lipinski definition) is 6. The van der Waals surface area contributed by atoms with Crippen molar-refractivity contribution in [3.63, 3.8) is 0 Å². The van der Waals surface area contributed by atoms with E-state index >= 15 is 0 Å². The minimum Gasteiger partial charge on any atom is -0.493 e. The van der Waals surface area contributed by atoms with E-state index in [0.29, 0.717) is 12.0 Å². The molecule has 0 bridgehead atoms. The molecule has 1 amide bonds. The summed E-state index contributed by atoms with van der Waals surface area (Å²) in [5.74, 6) is -0.924. The molecule has 0 aromatic heterocycles. The molecule has 0 radical (unpaired) electrons. The van der Waals surface area contributed by atoms with Gasteiger partial charge in [-0.05, 0) is 48.4 Å². The number of nitrogens with zero attached hydrogens (tertiary/aromatic N) is 1. The second kappa shape index (κ2) is 11.0. The normalized spacial score (nSPS) is 10.5. The fourth-order valence-electron chi connectivity index (χ4n) is 2.57. The Balaban J connectivity index is 1.77. The van der Waals surface area contributed by atoms with E-state index in [4.69, 9.17) is 9.47 Å². The van der Waals surface area contributed by atoms with Crippen LogP contribution in [0.1, 0.15) is 15.9 Å². The van der Waals surface area contributed by atoms with E-state index in [1.54, 1.807) is 36.4 Å². The first-order valence-corrected chi connectivity index (χ1v) is 9.13. The van der Waals surface area contributed by atoms with Gasteiger partial charge in [0.1, 0.15) is 0 Å². The van der Waals surface area contributed by atoms with Crippen molar-refractivity contribution in [3.05, 3.63) is 53.6 Å². The molecule has 2 aromatic carbocycles. The van der Waals surface area contributed by atoms with E-state index in [-0.39, 0.29) is 18.0 Å². The second-order valence-electron chi connectivity index (χ2n) is 6.48. The summed E-state index contributed by atoms with van der Waals surface area (Å²) in [6.07, 6.45) is 0.428. The minimum atomic E-state index is -2.95. The summed E-state index contributed by atoms with van der Waals surface area (Å²) in [5.41, 5.74) is 2.05. The van der Waals surface area contributed by atoms with Crippen LogP contribution in [0.4, 0.5) is 14.5 Å². The number of esters is 1. The molecule has 162 valence electrons. The third-order valence-corrected chi connectivity index (χ3v) is 4.13. The summed E-state index contributed by atoms with van der Waals surface area (Å²) >= 11 is 0. The van der Waals surface area contributed by atoms with Crippen LogP contribution in [-0.2, 0) is 16.0 Å². The summed E-state index contributed by atoms with van der Waals surface area (Å²) < 4.78 is 39.1. The van der Waals surface area contributed by atoms with Crippen molar-refractivity contribution >= 4 is 17.6 Å². The van der Waals surface area contributed by atoms with Gasteiger partial charge in [-0.25, -0.2) is 4.79 Å². The molecule has 0 unspecified atom stereocenters. The maximum absolute atomic E-state index is 12.4. The predicted molar refractivity (Wildman–Crippen MR) is 107 cm³/mol. The quantitative estimate of drug-likeness (QED) is 0.594. The Morgan fingerprint density at radius 1 is 1.07 bits per heavy atom. The molecule has 0 fully saturated rings. The SMILES string of the molecule is COc1cc(CCNC(=O)COC(=O)c2ccc(N(C)C)cc2)ccc1OC(F)F. The maximum atomic E-state index is 12.4. The van der Waals surface area contributed by atoms with E-state index in [9.17, 15) is 18.4 Å². The topological polar surface area (TPSA) is 77.1 Å². The molecule has 0 saturated heterocycles. The number of anilines is 1. The Hall–Kier alpha value is -3.36.